The van der Waals surface area contributed by atoms with Crippen LogP contribution in [0.15, 0.2) is 0 Å². The Balaban J connectivity index is 1.69. The summed E-state index contributed by atoms with van der Waals surface area (Å²) in [6.45, 7) is 7.35. The van der Waals surface area contributed by atoms with Crippen LogP contribution in [-0.4, -0.2) is 79.8 Å². The number of carbonyl (C=O) groups excluding carboxylic acids is 2. The van der Waals surface area contributed by atoms with Crippen LogP contribution >= 0.6 is 0 Å². The number of methoxy groups -OCH3 is 1. The zero-order valence-electron chi connectivity index (χ0n) is 14.5. The molecule has 1 saturated carbocycles. The van der Waals surface area contributed by atoms with Crippen LogP contribution in [0.25, 0.3) is 0 Å². The van der Waals surface area contributed by atoms with E-state index in [-0.39, 0.29) is 24.0 Å². The van der Waals surface area contributed by atoms with Gasteiger partial charge in [-0.1, -0.05) is 0 Å². The average molecular weight is 326 g/mol. The Bertz CT molecular complexity index is 406. The monoisotopic (exact) mass is 326 g/mol. The molecule has 132 valence electrons. The zero-order valence-corrected chi connectivity index (χ0v) is 14.5. The van der Waals surface area contributed by atoms with Gasteiger partial charge in [0, 0.05) is 52.0 Å². The third-order valence-electron chi connectivity index (χ3n) is 4.58. The van der Waals surface area contributed by atoms with E-state index in [2.05, 4.69) is 15.5 Å². The van der Waals surface area contributed by atoms with E-state index in [4.69, 9.17) is 4.74 Å². The SMILES string of the molecule is COCC[C@H](C)NC(=O)N1CCN([C@H](C)C(=O)NC2CC2)CC1. The van der Waals surface area contributed by atoms with Crippen LogP contribution in [0.5, 0.6) is 0 Å². The topological polar surface area (TPSA) is 73.9 Å². The largest absolute Gasteiger partial charge is 0.385 e. The minimum Gasteiger partial charge on any atom is -0.385 e. The molecule has 0 aromatic heterocycles. The number of hydrogen-bond donors (Lipinski definition) is 2. The lowest BCUT2D eigenvalue weighted by Gasteiger charge is -2.37. The highest BCUT2D eigenvalue weighted by atomic mass is 16.5. The molecule has 1 aliphatic carbocycles. The maximum Gasteiger partial charge on any atom is 0.317 e. The van der Waals surface area contributed by atoms with Crippen molar-refractivity contribution < 1.29 is 14.3 Å². The minimum absolute atomic E-state index is 0.0247. The summed E-state index contributed by atoms with van der Waals surface area (Å²) in [6.07, 6.45) is 3.02. The van der Waals surface area contributed by atoms with Gasteiger partial charge < -0.3 is 20.3 Å². The third kappa shape index (κ3) is 5.66. The van der Waals surface area contributed by atoms with Gasteiger partial charge in [0.15, 0.2) is 0 Å². The fourth-order valence-corrected chi connectivity index (χ4v) is 2.70. The van der Waals surface area contributed by atoms with Gasteiger partial charge in [0.1, 0.15) is 0 Å². The van der Waals surface area contributed by atoms with E-state index in [0.29, 0.717) is 25.7 Å². The van der Waals surface area contributed by atoms with E-state index in [1.165, 1.54) is 0 Å². The molecule has 0 spiro atoms. The summed E-state index contributed by atoms with van der Waals surface area (Å²) < 4.78 is 5.02. The normalized spacial score (nSPS) is 21.6. The maximum absolute atomic E-state index is 12.2. The number of piperazine rings is 1. The molecular weight excluding hydrogens is 296 g/mol. The molecule has 1 saturated heterocycles. The lowest BCUT2D eigenvalue weighted by molar-refractivity contribution is -0.126. The molecule has 1 aliphatic heterocycles. The molecule has 7 nitrogen and oxygen atoms in total. The summed E-state index contributed by atoms with van der Waals surface area (Å²) in [5.74, 6) is 0.110. The van der Waals surface area contributed by atoms with Gasteiger partial charge in [-0.25, -0.2) is 4.79 Å². The van der Waals surface area contributed by atoms with Crippen molar-refractivity contribution in [3.8, 4) is 0 Å². The van der Waals surface area contributed by atoms with Gasteiger partial charge in [-0.15, -0.1) is 0 Å². The lowest BCUT2D eigenvalue weighted by Crippen LogP contribution is -2.57. The molecule has 0 radical (unpaired) electrons. The predicted molar refractivity (Wildman–Crippen MR) is 88.3 cm³/mol. The molecule has 7 heteroatoms. The summed E-state index contributed by atoms with van der Waals surface area (Å²) in [5, 5.41) is 6.04. The Morgan fingerprint density at radius 3 is 2.39 bits per heavy atom. The highest BCUT2D eigenvalue weighted by Gasteiger charge is 2.30. The first kappa shape index (κ1) is 18.0. The molecule has 23 heavy (non-hydrogen) atoms. The van der Waals surface area contributed by atoms with Crippen molar-refractivity contribution in [2.45, 2.75) is 51.2 Å². The Labute approximate surface area is 138 Å². The average Bonchev–Trinajstić information content (AvgIpc) is 3.36. The van der Waals surface area contributed by atoms with Gasteiger partial charge in [-0.2, -0.15) is 0 Å². The van der Waals surface area contributed by atoms with Crippen LogP contribution in [0.4, 0.5) is 4.79 Å². The summed E-state index contributed by atoms with van der Waals surface area (Å²) in [4.78, 5) is 28.3. The van der Waals surface area contributed by atoms with Crippen LogP contribution in [0, 0.1) is 0 Å². The molecule has 1 heterocycles. The molecule has 0 unspecified atom stereocenters. The van der Waals surface area contributed by atoms with Crippen molar-refractivity contribution in [3.63, 3.8) is 0 Å². The third-order valence-corrected chi connectivity index (χ3v) is 4.58. The van der Waals surface area contributed by atoms with Gasteiger partial charge in [0.05, 0.1) is 6.04 Å². The van der Waals surface area contributed by atoms with E-state index in [9.17, 15) is 9.59 Å². The van der Waals surface area contributed by atoms with E-state index in [0.717, 1.165) is 32.4 Å². The molecule has 2 fully saturated rings. The van der Waals surface area contributed by atoms with E-state index < -0.39 is 0 Å². The molecule has 0 bridgehead atoms. The van der Waals surface area contributed by atoms with Gasteiger partial charge in [0.25, 0.3) is 0 Å². The maximum atomic E-state index is 12.2. The number of urea groups is 1. The van der Waals surface area contributed by atoms with Crippen LogP contribution < -0.4 is 10.6 Å². The number of nitrogens with one attached hydrogen (secondary N) is 2. The van der Waals surface area contributed by atoms with Crippen LogP contribution in [0.1, 0.15) is 33.1 Å². The van der Waals surface area contributed by atoms with E-state index in [1.807, 2.05) is 18.7 Å². The minimum atomic E-state index is -0.124. The van der Waals surface area contributed by atoms with Gasteiger partial charge in [0.2, 0.25) is 5.91 Å². The number of rotatable bonds is 7. The van der Waals surface area contributed by atoms with Crippen molar-refractivity contribution in [2.24, 2.45) is 0 Å². The van der Waals surface area contributed by atoms with Crippen LogP contribution in [0.3, 0.4) is 0 Å². The number of hydrogen-bond acceptors (Lipinski definition) is 4. The highest BCUT2D eigenvalue weighted by molar-refractivity contribution is 5.82. The standard InChI is InChI=1S/C16H30N4O3/c1-12(6-11-23-3)17-16(22)20-9-7-19(8-10-20)13(2)15(21)18-14-4-5-14/h12-14H,4-11H2,1-3H3,(H,17,22)(H,18,21)/t12-,13+/m0/s1. The van der Waals surface area contributed by atoms with Crippen LogP contribution in [0.2, 0.25) is 0 Å². The summed E-state index contributed by atoms with van der Waals surface area (Å²) in [7, 11) is 1.66. The van der Waals surface area contributed by atoms with Crippen molar-refractivity contribution in [1.29, 1.82) is 0 Å². The Morgan fingerprint density at radius 2 is 1.83 bits per heavy atom. The first-order chi connectivity index (χ1) is 11.0. The molecule has 0 aromatic rings. The first-order valence-corrected chi connectivity index (χ1v) is 8.60. The number of nitrogens with zero attached hydrogens (tertiary/aromatic N) is 2. The molecule has 0 aromatic carbocycles. The summed E-state index contributed by atoms with van der Waals surface area (Å²) in [5.41, 5.74) is 0. The molecule has 2 atom stereocenters. The Hall–Kier alpha value is -1.34. The number of amides is 3. The Kier molecular flexibility index (Phi) is 6.65. The van der Waals surface area contributed by atoms with Crippen molar-refractivity contribution >= 4 is 11.9 Å². The Morgan fingerprint density at radius 1 is 1.17 bits per heavy atom. The molecule has 3 amide bonds. The lowest BCUT2D eigenvalue weighted by atomic mass is 10.2. The van der Waals surface area contributed by atoms with E-state index in [1.54, 1.807) is 7.11 Å². The van der Waals surface area contributed by atoms with Crippen molar-refractivity contribution in [1.82, 2.24) is 20.4 Å². The first-order valence-electron chi connectivity index (χ1n) is 8.60. The molecule has 2 N–H and O–H groups in total. The van der Waals surface area contributed by atoms with Crippen LogP contribution in [-0.2, 0) is 9.53 Å². The van der Waals surface area contributed by atoms with Gasteiger partial charge in [-0.05, 0) is 33.1 Å². The smallest absolute Gasteiger partial charge is 0.317 e. The van der Waals surface area contributed by atoms with Crippen molar-refractivity contribution in [3.05, 3.63) is 0 Å². The van der Waals surface area contributed by atoms with Gasteiger partial charge >= 0.3 is 6.03 Å². The van der Waals surface area contributed by atoms with Gasteiger partial charge in [-0.3, -0.25) is 9.69 Å². The van der Waals surface area contributed by atoms with E-state index >= 15 is 0 Å². The fourth-order valence-electron chi connectivity index (χ4n) is 2.70. The quantitative estimate of drug-likeness (QED) is 0.710. The molecule has 2 aliphatic rings. The van der Waals surface area contributed by atoms with Crippen molar-refractivity contribution in [2.75, 3.05) is 39.9 Å². The second-order valence-electron chi connectivity index (χ2n) is 6.61. The fraction of sp³-hybridized carbons (Fsp3) is 0.875. The summed E-state index contributed by atoms with van der Waals surface area (Å²) in [6, 6.07) is 0.346. The predicted octanol–water partition coefficient (Wildman–Crippen LogP) is 0.406. The zero-order chi connectivity index (χ0) is 16.8. The molecule has 2 rings (SSSR count). The summed E-state index contributed by atoms with van der Waals surface area (Å²) >= 11 is 0. The molecular formula is C16H30N4O3. The number of carbonyl (C=O) groups is 2. The number of ether oxygens (including phenoxy) is 1. The second kappa shape index (κ2) is 8.49. The highest BCUT2D eigenvalue weighted by Crippen LogP contribution is 2.19. The second-order valence-corrected chi connectivity index (χ2v) is 6.61.